The summed E-state index contributed by atoms with van der Waals surface area (Å²) in [5.41, 5.74) is 1.02. The zero-order chi connectivity index (χ0) is 13.4. The van der Waals surface area contributed by atoms with E-state index in [4.69, 9.17) is 4.74 Å². The molecule has 4 nitrogen and oxygen atoms in total. The van der Waals surface area contributed by atoms with E-state index < -0.39 is 0 Å². The molecule has 0 radical (unpaired) electrons. The third kappa shape index (κ3) is 5.59. The third-order valence-electron chi connectivity index (χ3n) is 2.36. The molecular weight excluding hydrogens is 230 g/mol. The van der Waals surface area contributed by atoms with Gasteiger partial charge in [0, 0.05) is 5.92 Å². The van der Waals surface area contributed by atoms with Crippen molar-refractivity contribution >= 4 is 11.7 Å². The Bertz CT molecular complexity index is 387. The molecule has 0 spiro atoms. The Balaban J connectivity index is 2.16. The fourth-order valence-electron chi connectivity index (χ4n) is 1.30. The minimum atomic E-state index is -0.125. The van der Waals surface area contributed by atoms with Crippen LogP contribution in [0.25, 0.3) is 0 Å². The number of hydrogen-bond donors (Lipinski definition) is 1. The van der Waals surface area contributed by atoms with Crippen LogP contribution in [0.4, 0.5) is 0 Å². The summed E-state index contributed by atoms with van der Waals surface area (Å²) in [6, 6.07) is 9.64. The largest absolute Gasteiger partial charge is 0.369 e. The highest BCUT2D eigenvalue weighted by Crippen LogP contribution is 2.00. The molecule has 98 valence electrons. The fraction of sp³-hybridized carbons (Fsp3) is 0.429. The Morgan fingerprint density at radius 2 is 1.89 bits per heavy atom. The van der Waals surface area contributed by atoms with E-state index in [9.17, 15) is 9.59 Å². The first kappa shape index (κ1) is 14.4. The first-order valence-electron chi connectivity index (χ1n) is 6.00. The number of ketones is 1. The molecule has 1 rings (SSSR count). The number of Topliss-reactive ketones (excluding diaryl/α,β-unsaturated/α-hetero) is 1. The standard InChI is InChI=1S/C14H19NO3/c1-11(2)14(17)15-8-13(16)10-18-9-12-6-4-3-5-7-12/h3-7,11H,8-10H2,1-2H3,(H,15,17). The van der Waals surface area contributed by atoms with Gasteiger partial charge in [0.2, 0.25) is 5.91 Å². The molecule has 0 heterocycles. The summed E-state index contributed by atoms with van der Waals surface area (Å²) in [4.78, 5) is 22.7. The van der Waals surface area contributed by atoms with Gasteiger partial charge in [0.15, 0.2) is 5.78 Å². The lowest BCUT2D eigenvalue weighted by atomic mass is 10.2. The maximum absolute atomic E-state index is 11.4. The van der Waals surface area contributed by atoms with Crippen molar-refractivity contribution in [3.63, 3.8) is 0 Å². The normalized spacial score (nSPS) is 10.4. The predicted molar refractivity (Wildman–Crippen MR) is 69.0 cm³/mol. The highest BCUT2D eigenvalue weighted by Gasteiger charge is 2.08. The van der Waals surface area contributed by atoms with E-state index >= 15 is 0 Å². The molecule has 0 aliphatic carbocycles. The van der Waals surface area contributed by atoms with Gasteiger partial charge in [-0.15, -0.1) is 0 Å². The Labute approximate surface area is 107 Å². The molecular formula is C14H19NO3. The molecule has 0 saturated heterocycles. The van der Waals surface area contributed by atoms with E-state index in [2.05, 4.69) is 5.32 Å². The van der Waals surface area contributed by atoms with Gasteiger partial charge in [-0.05, 0) is 5.56 Å². The van der Waals surface area contributed by atoms with Crippen LogP contribution < -0.4 is 5.32 Å². The summed E-state index contributed by atoms with van der Waals surface area (Å²) >= 11 is 0. The molecule has 1 aromatic carbocycles. The van der Waals surface area contributed by atoms with Crippen molar-refractivity contribution in [3.05, 3.63) is 35.9 Å². The second-order valence-corrected chi connectivity index (χ2v) is 4.39. The van der Waals surface area contributed by atoms with E-state index in [1.54, 1.807) is 13.8 Å². The average Bonchev–Trinajstić information content (AvgIpc) is 2.37. The van der Waals surface area contributed by atoms with Crippen molar-refractivity contribution in [1.82, 2.24) is 5.32 Å². The summed E-state index contributed by atoms with van der Waals surface area (Å²) in [5, 5.41) is 2.56. The second-order valence-electron chi connectivity index (χ2n) is 4.39. The summed E-state index contributed by atoms with van der Waals surface area (Å²) in [7, 11) is 0. The van der Waals surface area contributed by atoms with Crippen molar-refractivity contribution in [2.75, 3.05) is 13.2 Å². The number of amides is 1. The molecule has 1 amide bonds. The van der Waals surface area contributed by atoms with Gasteiger partial charge in [-0.2, -0.15) is 0 Å². The van der Waals surface area contributed by atoms with Crippen molar-refractivity contribution < 1.29 is 14.3 Å². The summed E-state index contributed by atoms with van der Waals surface area (Å²) in [6.07, 6.45) is 0. The van der Waals surface area contributed by atoms with Crippen LogP contribution in [0, 0.1) is 5.92 Å². The number of rotatable bonds is 7. The lowest BCUT2D eigenvalue weighted by Crippen LogP contribution is -2.34. The maximum Gasteiger partial charge on any atom is 0.222 e. The van der Waals surface area contributed by atoms with E-state index in [0.29, 0.717) is 6.61 Å². The molecule has 0 saturated carbocycles. The monoisotopic (exact) mass is 249 g/mol. The first-order valence-corrected chi connectivity index (χ1v) is 6.00. The van der Waals surface area contributed by atoms with Gasteiger partial charge in [0.05, 0.1) is 13.2 Å². The lowest BCUT2D eigenvalue weighted by Gasteiger charge is -2.07. The molecule has 18 heavy (non-hydrogen) atoms. The minimum absolute atomic E-state index is 0.0211. The van der Waals surface area contributed by atoms with Gasteiger partial charge < -0.3 is 10.1 Å². The third-order valence-corrected chi connectivity index (χ3v) is 2.36. The average molecular weight is 249 g/mol. The molecule has 1 N–H and O–H groups in total. The number of carbonyl (C=O) groups is 2. The van der Waals surface area contributed by atoms with Gasteiger partial charge >= 0.3 is 0 Å². The van der Waals surface area contributed by atoms with Crippen LogP contribution in [0.5, 0.6) is 0 Å². The predicted octanol–water partition coefficient (Wildman–Crippen LogP) is 1.54. The minimum Gasteiger partial charge on any atom is -0.369 e. The number of ether oxygens (including phenoxy) is 1. The molecule has 1 aromatic rings. The van der Waals surface area contributed by atoms with Gasteiger partial charge in [-0.25, -0.2) is 0 Å². The van der Waals surface area contributed by atoms with Gasteiger partial charge in [-0.1, -0.05) is 44.2 Å². The molecule has 0 aliphatic heterocycles. The Morgan fingerprint density at radius 3 is 2.50 bits per heavy atom. The van der Waals surface area contributed by atoms with Gasteiger partial charge in [-0.3, -0.25) is 9.59 Å². The van der Waals surface area contributed by atoms with Crippen molar-refractivity contribution in [2.45, 2.75) is 20.5 Å². The first-order chi connectivity index (χ1) is 8.59. The highest BCUT2D eigenvalue weighted by molar-refractivity contribution is 5.87. The second kappa shape index (κ2) is 7.61. The molecule has 0 aliphatic rings. The van der Waals surface area contributed by atoms with Crippen LogP contribution in [-0.2, 0) is 20.9 Å². The topological polar surface area (TPSA) is 55.4 Å². The quantitative estimate of drug-likeness (QED) is 0.797. The summed E-state index contributed by atoms with van der Waals surface area (Å²) < 4.78 is 5.27. The number of benzene rings is 1. The van der Waals surface area contributed by atoms with Crippen LogP contribution in [0.1, 0.15) is 19.4 Å². The molecule has 4 heteroatoms. The van der Waals surface area contributed by atoms with E-state index in [1.807, 2.05) is 30.3 Å². The van der Waals surface area contributed by atoms with Gasteiger partial charge in [0.1, 0.15) is 6.61 Å². The molecule has 0 atom stereocenters. The van der Waals surface area contributed by atoms with E-state index in [1.165, 1.54) is 0 Å². The molecule has 0 bridgehead atoms. The number of hydrogen-bond acceptors (Lipinski definition) is 3. The van der Waals surface area contributed by atoms with Crippen molar-refractivity contribution in [2.24, 2.45) is 5.92 Å². The fourth-order valence-corrected chi connectivity index (χ4v) is 1.30. The SMILES string of the molecule is CC(C)C(=O)NCC(=O)COCc1ccccc1. The number of carbonyl (C=O) groups excluding carboxylic acids is 2. The highest BCUT2D eigenvalue weighted by atomic mass is 16.5. The van der Waals surface area contributed by atoms with E-state index in [-0.39, 0.29) is 30.8 Å². The summed E-state index contributed by atoms with van der Waals surface area (Å²) in [5.74, 6) is -0.352. The van der Waals surface area contributed by atoms with Crippen LogP contribution in [0.2, 0.25) is 0 Å². The Hall–Kier alpha value is -1.68. The van der Waals surface area contributed by atoms with Crippen LogP contribution in [0.3, 0.4) is 0 Å². The zero-order valence-corrected chi connectivity index (χ0v) is 10.8. The lowest BCUT2D eigenvalue weighted by molar-refractivity contribution is -0.129. The maximum atomic E-state index is 11.4. The number of nitrogens with one attached hydrogen (secondary N) is 1. The molecule has 0 fully saturated rings. The van der Waals surface area contributed by atoms with Crippen molar-refractivity contribution in [1.29, 1.82) is 0 Å². The molecule has 0 unspecified atom stereocenters. The van der Waals surface area contributed by atoms with Crippen molar-refractivity contribution in [3.8, 4) is 0 Å². The Morgan fingerprint density at radius 1 is 1.22 bits per heavy atom. The van der Waals surface area contributed by atoms with Crippen LogP contribution in [-0.4, -0.2) is 24.8 Å². The summed E-state index contributed by atoms with van der Waals surface area (Å²) in [6.45, 7) is 4.03. The van der Waals surface area contributed by atoms with E-state index in [0.717, 1.165) is 5.56 Å². The zero-order valence-electron chi connectivity index (χ0n) is 10.8. The van der Waals surface area contributed by atoms with Crippen LogP contribution in [0.15, 0.2) is 30.3 Å². The Kier molecular flexibility index (Phi) is 6.08. The smallest absolute Gasteiger partial charge is 0.222 e. The molecule has 0 aromatic heterocycles. The van der Waals surface area contributed by atoms with Gasteiger partial charge in [0.25, 0.3) is 0 Å². The van der Waals surface area contributed by atoms with Crippen LogP contribution >= 0.6 is 0 Å².